The molecule has 0 spiro atoms. The third-order valence-corrected chi connectivity index (χ3v) is 6.85. The van der Waals surface area contributed by atoms with Crippen LogP contribution in [0.2, 0.25) is 0 Å². The largest absolute Gasteiger partial charge is 0.437 e. The van der Waals surface area contributed by atoms with Crippen molar-refractivity contribution in [2.24, 2.45) is 0 Å². The van der Waals surface area contributed by atoms with E-state index in [9.17, 15) is 15.3 Å². The van der Waals surface area contributed by atoms with Crippen molar-refractivity contribution in [3.63, 3.8) is 0 Å². The fraction of sp³-hybridized carbons (Fsp3) is 0. The van der Waals surface area contributed by atoms with Crippen LogP contribution in [-0.4, -0.2) is 10.8 Å². The van der Waals surface area contributed by atoms with Gasteiger partial charge in [-0.3, -0.25) is 4.79 Å². The van der Waals surface area contributed by atoms with Crippen LogP contribution in [0.4, 0.5) is 0 Å². The van der Waals surface area contributed by atoms with Gasteiger partial charge in [0, 0.05) is 28.3 Å². The molecule has 0 aliphatic heterocycles. The van der Waals surface area contributed by atoms with E-state index in [1.54, 1.807) is 30.3 Å². The summed E-state index contributed by atoms with van der Waals surface area (Å²) in [5, 5.41) is 22.1. The number of carbonyl (C=O) groups excluding carboxylic acids is 1. The fourth-order valence-corrected chi connectivity index (χ4v) is 5.19. The van der Waals surface area contributed by atoms with E-state index < -0.39 is 0 Å². The van der Waals surface area contributed by atoms with E-state index in [-0.39, 0.29) is 16.9 Å². The Bertz CT molecular complexity index is 1760. The number of fused-ring (bicyclic) bond motifs is 3. The Balaban J connectivity index is 1.42. The van der Waals surface area contributed by atoms with Crippen molar-refractivity contribution in [1.82, 2.24) is 4.98 Å². The Kier molecular flexibility index (Phi) is 4.48. The van der Waals surface area contributed by atoms with Gasteiger partial charge in [0.25, 0.3) is 0 Å². The number of Topliss-reactive ketones (excluding diaryl/α,β-unsaturated/α-hetero) is 1. The maximum atomic E-state index is 13.1. The van der Waals surface area contributed by atoms with Crippen LogP contribution in [0.15, 0.2) is 88.4 Å². The van der Waals surface area contributed by atoms with E-state index in [2.05, 4.69) is 29.2 Å². The number of hydrogen-bond acceptors (Lipinski definition) is 6. The molecule has 3 aromatic carbocycles. The molecular formula is C28H13N3O2S. The standard InChI is InChI=1S/C28H13N3O2S/c29-14-19(15-30)25-21-7-3-4-8-22(21)26(32)23(25)12-20-13-24-27(33-20)31-28(34-24)18-10-9-16-5-1-2-6-17(16)11-18/h1-13H/b23-12-. The molecule has 34 heavy (non-hydrogen) atoms. The molecule has 0 unspecified atom stereocenters. The van der Waals surface area contributed by atoms with Crippen molar-refractivity contribution < 1.29 is 9.21 Å². The Morgan fingerprint density at radius 3 is 2.41 bits per heavy atom. The molecular weight excluding hydrogens is 442 g/mol. The van der Waals surface area contributed by atoms with Crippen molar-refractivity contribution in [2.75, 3.05) is 0 Å². The van der Waals surface area contributed by atoms with Gasteiger partial charge >= 0.3 is 0 Å². The zero-order valence-electron chi connectivity index (χ0n) is 17.6. The lowest BCUT2D eigenvalue weighted by molar-refractivity contribution is 0.104. The molecule has 5 nitrogen and oxygen atoms in total. The van der Waals surface area contributed by atoms with Gasteiger partial charge in [0.2, 0.25) is 5.71 Å². The van der Waals surface area contributed by atoms with Crippen LogP contribution in [-0.2, 0) is 0 Å². The molecule has 1 aliphatic carbocycles. The van der Waals surface area contributed by atoms with Crippen molar-refractivity contribution in [1.29, 1.82) is 10.5 Å². The molecule has 6 heteroatoms. The molecule has 5 aromatic rings. The Morgan fingerprint density at radius 2 is 1.65 bits per heavy atom. The molecule has 2 aromatic heterocycles. The highest BCUT2D eigenvalue weighted by Gasteiger charge is 2.32. The maximum Gasteiger partial charge on any atom is 0.238 e. The van der Waals surface area contributed by atoms with Crippen LogP contribution in [0.5, 0.6) is 0 Å². The van der Waals surface area contributed by atoms with E-state index >= 15 is 0 Å². The van der Waals surface area contributed by atoms with E-state index in [1.807, 2.05) is 36.4 Å². The number of thiazole rings is 1. The Hall–Kier alpha value is -4.78. The summed E-state index contributed by atoms with van der Waals surface area (Å²) in [6, 6.07) is 27.0. The van der Waals surface area contributed by atoms with Crippen molar-refractivity contribution in [3.8, 4) is 22.7 Å². The van der Waals surface area contributed by atoms with Gasteiger partial charge in [-0.05, 0) is 28.5 Å². The molecule has 0 amide bonds. The third kappa shape index (κ3) is 3.06. The molecule has 0 bridgehead atoms. The average Bonchev–Trinajstić information content (AvgIpc) is 3.52. The highest BCUT2D eigenvalue weighted by molar-refractivity contribution is 7.21. The molecule has 158 valence electrons. The van der Waals surface area contributed by atoms with Gasteiger partial charge < -0.3 is 4.42 Å². The van der Waals surface area contributed by atoms with Gasteiger partial charge in [0.1, 0.15) is 28.5 Å². The summed E-state index contributed by atoms with van der Waals surface area (Å²) in [7, 11) is 0. The molecule has 0 radical (unpaired) electrons. The minimum Gasteiger partial charge on any atom is -0.437 e. The van der Waals surface area contributed by atoms with E-state index in [0.717, 1.165) is 20.7 Å². The quantitative estimate of drug-likeness (QED) is 0.216. The van der Waals surface area contributed by atoms with Crippen LogP contribution in [0, 0.1) is 22.7 Å². The van der Waals surface area contributed by atoms with Gasteiger partial charge in [0.05, 0.1) is 4.70 Å². The first-order chi connectivity index (χ1) is 16.7. The van der Waals surface area contributed by atoms with Gasteiger partial charge in [0.15, 0.2) is 5.78 Å². The second-order valence-corrected chi connectivity index (χ2v) is 8.84. The molecule has 1 aliphatic rings. The Morgan fingerprint density at radius 1 is 0.912 bits per heavy atom. The van der Waals surface area contributed by atoms with Crippen molar-refractivity contribution in [3.05, 3.63) is 101 Å². The summed E-state index contributed by atoms with van der Waals surface area (Å²) in [6.07, 6.45) is 1.59. The van der Waals surface area contributed by atoms with E-state index in [4.69, 9.17) is 4.42 Å². The van der Waals surface area contributed by atoms with Gasteiger partial charge in [-0.1, -0.05) is 60.7 Å². The first kappa shape index (κ1) is 19.9. The minimum absolute atomic E-state index is 0.102. The minimum atomic E-state index is -0.238. The Labute approximate surface area is 198 Å². The van der Waals surface area contributed by atoms with Crippen LogP contribution in [0.3, 0.4) is 0 Å². The number of rotatable bonds is 2. The summed E-state index contributed by atoms with van der Waals surface area (Å²) < 4.78 is 6.80. The second-order valence-electron chi connectivity index (χ2n) is 7.81. The number of allylic oxidation sites excluding steroid dienone is 3. The number of aromatic nitrogens is 1. The van der Waals surface area contributed by atoms with Crippen molar-refractivity contribution >= 4 is 50.0 Å². The van der Waals surface area contributed by atoms with E-state index in [0.29, 0.717) is 28.2 Å². The summed E-state index contributed by atoms with van der Waals surface area (Å²) >= 11 is 1.51. The molecule has 0 saturated carbocycles. The zero-order chi connectivity index (χ0) is 23.2. The lowest BCUT2D eigenvalue weighted by atomic mass is 9.99. The normalized spacial score (nSPS) is 13.9. The maximum absolute atomic E-state index is 13.1. The summed E-state index contributed by atoms with van der Waals surface area (Å²) in [5.41, 5.74) is 3.06. The number of carbonyl (C=O) groups is 1. The highest BCUT2D eigenvalue weighted by Crippen LogP contribution is 2.41. The van der Waals surface area contributed by atoms with E-state index in [1.165, 1.54) is 16.7 Å². The smallest absolute Gasteiger partial charge is 0.238 e. The number of benzene rings is 3. The third-order valence-electron chi connectivity index (χ3n) is 5.82. The number of furan rings is 1. The van der Waals surface area contributed by atoms with Crippen LogP contribution in [0.1, 0.15) is 21.7 Å². The van der Waals surface area contributed by atoms with Gasteiger partial charge in [-0.2, -0.15) is 10.5 Å². The number of nitrogens with zero attached hydrogens (tertiary/aromatic N) is 3. The number of nitriles is 2. The molecule has 2 heterocycles. The number of hydrogen-bond donors (Lipinski definition) is 0. The summed E-state index contributed by atoms with van der Waals surface area (Å²) in [5.74, 6) is 0.209. The van der Waals surface area contributed by atoms with Crippen LogP contribution < -0.4 is 0 Å². The predicted octanol–water partition coefficient (Wildman–Crippen LogP) is 6.79. The zero-order valence-corrected chi connectivity index (χ0v) is 18.4. The predicted molar refractivity (Wildman–Crippen MR) is 132 cm³/mol. The SMILES string of the molecule is N#CC(C#N)=C1/C(=C/c2cc3sc(-c4ccc5ccccc5c4)nc3o2)C(=O)c2ccccc21. The van der Waals surface area contributed by atoms with Crippen LogP contribution in [0.25, 0.3) is 43.4 Å². The van der Waals surface area contributed by atoms with Crippen molar-refractivity contribution in [2.45, 2.75) is 0 Å². The lowest BCUT2D eigenvalue weighted by Gasteiger charge is -2.01. The average molecular weight is 455 g/mol. The molecule has 0 fully saturated rings. The second kappa shape index (κ2) is 7.67. The molecule has 0 saturated heterocycles. The number of ketones is 1. The summed E-state index contributed by atoms with van der Waals surface area (Å²) in [4.78, 5) is 17.7. The van der Waals surface area contributed by atoms with Crippen LogP contribution >= 0.6 is 11.3 Å². The molecule has 0 N–H and O–H groups in total. The lowest BCUT2D eigenvalue weighted by Crippen LogP contribution is -1.95. The van der Waals surface area contributed by atoms with Gasteiger partial charge in [-0.15, -0.1) is 11.3 Å². The van der Waals surface area contributed by atoms with Gasteiger partial charge in [-0.25, -0.2) is 4.98 Å². The topological polar surface area (TPSA) is 90.7 Å². The molecule has 6 rings (SSSR count). The molecule has 0 atom stereocenters. The highest BCUT2D eigenvalue weighted by atomic mass is 32.1. The monoisotopic (exact) mass is 455 g/mol. The first-order valence-electron chi connectivity index (χ1n) is 10.5. The first-order valence-corrected chi connectivity index (χ1v) is 11.3. The fourth-order valence-electron chi connectivity index (χ4n) is 4.26. The summed E-state index contributed by atoms with van der Waals surface area (Å²) in [6.45, 7) is 0.